The summed E-state index contributed by atoms with van der Waals surface area (Å²) in [5, 5.41) is 4.26. The summed E-state index contributed by atoms with van der Waals surface area (Å²) in [7, 11) is 0. The van der Waals surface area contributed by atoms with E-state index in [1.807, 2.05) is 86.7 Å². The molecule has 1 aliphatic rings. The number of para-hydroxylation sites is 2. The predicted molar refractivity (Wildman–Crippen MR) is 150 cm³/mol. The van der Waals surface area contributed by atoms with Gasteiger partial charge in [-0.2, -0.15) is 0 Å². The molecule has 0 spiro atoms. The number of hydrogen-bond donors (Lipinski definition) is 2. The second-order valence-corrected chi connectivity index (χ2v) is 8.46. The monoisotopic (exact) mass is 477 g/mol. The summed E-state index contributed by atoms with van der Waals surface area (Å²) in [5.41, 5.74) is 11.5. The van der Waals surface area contributed by atoms with E-state index in [2.05, 4.69) is 16.5 Å². The summed E-state index contributed by atoms with van der Waals surface area (Å²) in [6, 6.07) is 22.7. The lowest BCUT2D eigenvalue weighted by atomic mass is 10.0. The molecule has 0 aliphatic heterocycles. The first-order valence-corrected chi connectivity index (χ1v) is 12.3. The number of aromatic nitrogens is 1. The van der Waals surface area contributed by atoms with E-state index in [0.29, 0.717) is 34.3 Å². The summed E-state index contributed by atoms with van der Waals surface area (Å²) >= 11 is 0. The van der Waals surface area contributed by atoms with Crippen molar-refractivity contribution in [2.75, 3.05) is 0 Å². The summed E-state index contributed by atoms with van der Waals surface area (Å²) in [6.45, 7) is 8.82. The van der Waals surface area contributed by atoms with Gasteiger partial charge in [0.05, 0.1) is 16.7 Å². The van der Waals surface area contributed by atoms with Crippen LogP contribution in [-0.4, -0.2) is 10.5 Å². The zero-order valence-electron chi connectivity index (χ0n) is 20.8. The molecule has 0 radical (unpaired) electrons. The van der Waals surface area contributed by atoms with E-state index in [1.165, 1.54) is 0 Å². The lowest BCUT2D eigenvalue weighted by Crippen LogP contribution is -2.25. The van der Waals surface area contributed by atoms with Gasteiger partial charge in [-0.3, -0.25) is 9.59 Å². The van der Waals surface area contributed by atoms with Crippen molar-refractivity contribution in [3.8, 4) is 0 Å². The lowest BCUT2D eigenvalue weighted by molar-refractivity contribution is 0.0966. The summed E-state index contributed by atoms with van der Waals surface area (Å²) < 4.78 is 2.12. The van der Waals surface area contributed by atoms with E-state index >= 15 is 0 Å². The number of amides is 1. The fraction of sp³-hybridized carbons (Fsp3) is 0.161. The van der Waals surface area contributed by atoms with Crippen LogP contribution in [0.2, 0.25) is 0 Å². The number of allylic oxidation sites excluding steroid dienone is 4. The maximum Gasteiger partial charge on any atom is 0.255 e. The minimum Gasteiger partial charge on any atom is -0.400 e. The molecule has 4 aromatic rings. The summed E-state index contributed by atoms with van der Waals surface area (Å²) in [6.07, 6.45) is 5.50. The fourth-order valence-corrected chi connectivity index (χ4v) is 4.38. The van der Waals surface area contributed by atoms with E-state index in [0.717, 1.165) is 35.0 Å². The SMILES string of the molecule is C=C(Cn1c2ccccc2c(=O)c2ccccc21)c1ccc(C(=O)NC2=C(N)CCC=C2)cc1.CC. The van der Waals surface area contributed by atoms with Crippen LogP contribution in [0.3, 0.4) is 0 Å². The first-order chi connectivity index (χ1) is 17.5. The Labute approximate surface area is 211 Å². The van der Waals surface area contributed by atoms with Gasteiger partial charge in [-0.25, -0.2) is 0 Å². The average Bonchev–Trinajstić information content (AvgIpc) is 2.93. The molecule has 3 aromatic carbocycles. The van der Waals surface area contributed by atoms with Gasteiger partial charge in [0.25, 0.3) is 5.91 Å². The van der Waals surface area contributed by atoms with Crippen LogP contribution in [-0.2, 0) is 6.54 Å². The second-order valence-electron chi connectivity index (χ2n) is 8.46. The molecule has 0 unspecified atom stereocenters. The maximum absolute atomic E-state index is 13.0. The smallest absolute Gasteiger partial charge is 0.255 e. The molecule has 0 fully saturated rings. The van der Waals surface area contributed by atoms with Gasteiger partial charge in [0.15, 0.2) is 5.43 Å². The van der Waals surface area contributed by atoms with Gasteiger partial charge in [0, 0.05) is 28.6 Å². The molecule has 0 saturated carbocycles. The first-order valence-electron chi connectivity index (χ1n) is 12.3. The molecule has 1 heterocycles. The molecule has 182 valence electrons. The lowest BCUT2D eigenvalue weighted by Gasteiger charge is -2.17. The Morgan fingerprint density at radius 1 is 0.917 bits per heavy atom. The number of carbonyl (C=O) groups excluding carboxylic acids is 1. The third-order valence-electron chi connectivity index (χ3n) is 6.24. The van der Waals surface area contributed by atoms with Crippen molar-refractivity contribution in [1.82, 2.24) is 9.88 Å². The average molecular weight is 478 g/mol. The zero-order chi connectivity index (χ0) is 25.7. The van der Waals surface area contributed by atoms with Crippen molar-refractivity contribution in [2.45, 2.75) is 33.2 Å². The normalized spacial score (nSPS) is 12.8. The molecule has 0 atom stereocenters. The highest BCUT2D eigenvalue weighted by Gasteiger charge is 2.13. The Morgan fingerprint density at radius 3 is 2.06 bits per heavy atom. The third-order valence-corrected chi connectivity index (χ3v) is 6.24. The minimum absolute atomic E-state index is 0.0342. The van der Waals surface area contributed by atoms with Crippen LogP contribution in [0.15, 0.2) is 108 Å². The topological polar surface area (TPSA) is 77.1 Å². The van der Waals surface area contributed by atoms with Crippen LogP contribution in [0.25, 0.3) is 27.4 Å². The Bertz CT molecular complexity index is 1500. The molecular formula is C31H31N3O2. The van der Waals surface area contributed by atoms with Gasteiger partial charge >= 0.3 is 0 Å². The van der Waals surface area contributed by atoms with E-state index < -0.39 is 0 Å². The van der Waals surface area contributed by atoms with Crippen LogP contribution >= 0.6 is 0 Å². The van der Waals surface area contributed by atoms with E-state index in [9.17, 15) is 9.59 Å². The van der Waals surface area contributed by atoms with Crippen molar-refractivity contribution < 1.29 is 4.79 Å². The van der Waals surface area contributed by atoms with Crippen molar-refractivity contribution in [1.29, 1.82) is 0 Å². The number of nitrogens with two attached hydrogens (primary N) is 1. The van der Waals surface area contributed by atoms with Gasteiger partial charge < -0.3 is 15.6 Å². The number of nitrogens with zero attached hydrogens (tertiary/aromatic N) is 1. The number of carbonyl (C=O) groups is 1. The Hall–Kier alpha value is -4.38. The number of rotatable bonds is 5. The second kappa shape index (κ2) is 10.9. The van der Waals surface area contributed by atoms with Gasteiger partial charge in [-0.1, -0.05) is 62.9 Å². The molecule has 5 nitrogen and oxygen atoms in total. The minimum atomic E-state index is -0.195. The molecule has 3 N–H and O–H groups in total. The van der Waals surface area contributed by atoms with Gasteiger partial charge in [0.1, 0.15) is 0 Å². The molecular weight excluding hydrogens is 446 g/mol. The van der Waals surface area contributed by atoms with Gasteiger partial charge in [0.2, 0.25) is 0 Å². The predicted octanol–water partition coefficient (Wildman–Crippen LogP) is 6.14. The largest absolute Gasteiger partial charge is 0.400 e. The number of hydrogen-bond acceptors (Lipinski definition) is 3. The molecule has 5 heteroatoms. The Morgan fingerprint density at radius 2 is 1.47 bits per heavy atom. The van der Waals surface area contributed by atoms with E-state index in [4.69, 9.17) is 5.73 Å². The van der Waals surface area contributed by atoms with Crippen LogP contribution in [0.4, 0.5) is 0 Å². The number of fused-ring (bicyclic) bond motifs is 2. The molecule has 0 bridgehead atoms. The van der Waals surface area contributed by atoms with Crippen molar-refractivity contribution in [3.63, 3.8) is 0 Å². The van der Waals surface area contributed by atoms with Crippen molar-refractivity contribution in [3.05, 3.63) is 124 Å². The first kappa shape index (κ1) is 24.7. The molecule has 36 heavy (non-hydrogen) atoms. The third kappa shape index (κ3) is 4.86. The standard InChI is InChI=1S/C29H25N3O2.C2H6/c1-19(20-14-16-21(17-15-20)29(34)31-25-11-5-4-10-24(25)30)18-32-26-12-6-2-8-22(26)28(33)23-9-3-7-13-27(23)32;1-2/h2-3,5-9,11-17H,1,4,10,18,30H2,(H,31,34);1-2H3. The van der Waals surface area contributed by atoms with Crippen LogP contribution in [0.5, 0.6) is 0 Å². The maximum atomic E-state index is 13.0. The van der Waals surface area contributed by atoms with Crippen molar-refractivity contribution >= 4 is 33.3 Å². The highest BCUT2D eigenvalue weighted by molar-refractivity contribution is 5.96. The van der Waals surface area contributed by atoms with Gasteiger partial charge in [-0.05, 0) is 66.5 Å². The van der Waals surface area contributed by atoms with E-state index in [1.54, 1.807) is 12.1 Å². The van der Waals surface area contributed by atoms with Gasteiger partial charge in [-0.15, -0.1) is 0 Å². The number of pyridine rings is 1. The number of nitrogens with one attached hydrogen (secondary N) is 1. The number of benzene rings is 3. The molecule has 0 saturated heterocycles. The quantitative estimate of drug-likeness (QED) is 0.339. The Balaban J connectivity index is 0.00000148. The molecule has 5 rings (SSSR count). The molecule has 1 amide bonds. The van der Waals surface area contributed by atoms with Crippen LogP contribution in [0, 0.1) is 0 Å². The van der Waals surface area contributed by atoms with Crippen molar-refractivity contribution in [2.24, 2.45) is 5.73 Å². The van der Waals surface area contributed by atoms with Crippen LogP contribution < -0.4 is 16.5 Å². The fourth-order valence-electron chi connectivity index (χ4n) is 4.38. The molecule has 1 aliphatic carbocycles. The summed E-state index contributed by atoms with van der Waals surface area (Å²) in [4.78, 5) is 25.6. The Kier molecular flexibility index (Phi) is 7.50. The highest BCUT2D eigenvalue weighted by atomic mass is 16.1. The van der Waals surface area contributed by atoms with E-state index in [-0.39, 0.29) is 11.3 Å². The summed E-state index contributed by atoms with van der Waals surface area (Å²) in [5.74, 6) is -0.195. The zero-order valence-corrected chi connectivity index (χ0v) is 20.8. The van der Waals surface area contributed by atoms with Crippen LogP contribution in [0.1, 0.15) is 42.6 Å². The highest BCUT2D eigenvalue weighted by Crippen LogP contribution is 2.24. The molecule has 1 aromatic heterocycles.